The number of nitrogens with one attached hydrogen (secondary N) is 1. The molecule has 7 nitrogen and oxygen atoms in total. The third kappa shape index (κ3) is 5.62. The Morgan fingerprint density at radius 2 is 1.57 bits per heavy atom. The number of esters is 1. The lowest BCUT2D eigenvalue weighted by atomic mass is 10.0. The molecule has 1 aliphatic rings. The molecule has 0 saturated heterocycles. The van der Waals surface area contributed by atoms with Gasteiger partial charge in [0.1, 0.15) is 6.04 Å². The quantitative estimate of drug-likeness (QED) is 0.316. The maximum atomic E-state index is 13.9. The largest absolute Gasteiger partial charge is 0.469 e. The summed E-state index contributed by atoms with van der Waals surface area (Å²) in [6.45, 7) is 2.24. The van der Waals surface area contributed by atoms with Gasteiger partial charge in [-0.15, -0.1) is 0 Å². The summed E-state index contributed by atoms with van der Waals surface area (Å²) in [4.78, 5) is 25.0. The van der Waals surface area contributed by atoms with E-state index in [1.807, 2.05) is 55.5 Å². The van der Waals surface area contributed by atoms with Crippen LogP contribution in [0, 0.1) is 6.92 Å². The first kappa shape index (κ1) is 27.1. The number of benzene rings is 4. The third-order valence-corrected chi connectivity index (χ3v) is 8.89. The van der Waals surface area contributed by atoms with E-state index >= 15 is 0 Å². The van der Waals surface area contributed by atoms with Crippen LogP contribution in [-0.2, 0) is 43.7 Å². The number of para-hydroxylation sites is 1. The van der Waals surface area contributed by atoms with Crippen LogP contribution in [0.4, 0.5) is 5.69 Å². The van der Waals surface area contributed by atoms with E-state index in [1.165, 1.54) is 11.4 Å². The molecule has 40 heavy (non-hydrogen) atoms. The second-order valence-electron chi connectivity index (χ2n) is 9.83. The van der Waals surface area contributed by atoms with Crippen molar-refractivity contribution >= 4 is 27.6 Å². The molecule has 0 saturated carbocycles. The zero-order valence-electron chi connectivity index (χ0n) is 22.3. The number of hydrogen-bond donors (Lipinski definition) is 1. The zero-order valence-corrected chi connectivity index (χ0v) is 23.1. The van der Waals surface area contributed by atoms with Crippen molar-refractivity contribution in [3.8, 4) is 11.1 Å². The van der Waals surface area contributed by atoms with E-state index in [9.17, 15) is 18.0 Å². The summed E-state index contributed by atoms with van der Waals surface area (Å²) in [5.41, 5.74) is 5.99. The molecule has 1 atom stereocenters. The van der Waals surface area contributed by atoms with Crippen molar-refractivity contribution in [3.05, 3.63) is 119 Å². The van der Waals surface area contributed by atoms with E-state index in [0.29, 0.717) is 5.69 Å². The van der Waals surface area contributed by atoms with Crippen molar-refractivity contribution in [2.45, 2.75) is 37.2 Å². The minimum absolute atomic E-state index is 0.125. The van der Waals surface area contributed by atoms with Crippen molar-refractivity contribution in [2.75, 3.05) is 11.4 Å². The van der Waals surface area contributed by atoms with E-state index in [-0.39, 0.29) is 36.2 Å². The van der Waals surface area contributed by atoms with Gasteiger partial charge in [-0.2, -0.15) is 0 Å². The molecule has 1 amide bonds. The number of aryl methyl sites for hydroxylation is 1. The summed E-state index contributed by atoms with van der Waals surface area (Å²) >= 11 is 0. The third-order valence-electron chi connectivity index (χ3n) is 7.06. The number of sulfonamides is 1. The van der Waals surface area contributed by atoms with Gasteiger partial charge in [0, 0.05) is 13.0 Å². The Kier molecular flexibility index (Phi) is 7.71. The monoisotopic (exact) mass is 554 g/mol. The molecule has 1 heterocycles. The van der Waals surface area contributed by atoms with Crippen molar-refractivity contribution in [3.63, 3.8) is 0 Å². The molecule has 1 N–H and O–H groups in total. The van der Waals surface area contributed by atoms with Crippen LogP contribution < -0.4 is 9.62 Å². The molecular weight excluding hydrogens is 524 g/mol. The second kappa shape index (κ2) is 11.4. The zero-order chi connectivity index (χ0) is 28.3. The van der Waals surface area contributed by atoms with Crippen LogP contribution in [0.1, 0.15) is 22.3 Å². The number of amides is 1. The first-order chi connectivity index (χ1) is 19.3. The highest BCUT2D eigenvalue weighted by Crippen LogP contribution is 2.37. The number of carbonyl (C=O) groups excluding carboxylic acids is 2. The average molecular weight is 555 g/mol. The molecule has 1 aliphatic heterocycles. The fraction of sp³-hybridized carbons (Fsp3) is 0.188. The Morgan fingerprint density at radius 3 is 2.27 bits per heavy atom. The van der Waals surface area contributed by atoms with Gasteiger partial charge >= 0.3 is 5.97 Å². The average Bonchev–Trinajstić information content (AvgIpc) is 3.37. The SMILES string of the molecule is COC(=O)Cc1ccc(CNC(=O)[C@@H]2Cc3ccccc3N2S(=O)(=O)c2ccc(-c3cccc(C)c3)cc2)cc1. The summed E-state index contributed by atoms with van der Waals surface area (Å²) in [5, 5.41) is 2.90. The molecule has 0 fully saturated rings. The topological polar surface area (TPSA) is 92.8 Å². The lowest BCUT2D eigenvalue weighted by Crippen LogP contribution is -2.47. The van der Waals surface area contributed by atoms with Gasteiger partial charge in [0.05, 0.1) is 24.1 Å². The van der Waals surface area contributed by atoms with Crippen molar-refractivity contribution in [2.24, 2.45) is 0 Å². The highest BCUT2D eigenvalue weighted by Gasteiger charge is 2.42. The number of ether oxygens (including phenoxy) is 1. The van der Waals surface area contributed by atoms with Crippen LogP contribution in [0.3, 0.4) is 0 Å². The first-order valence-electron chi connectivity index (χ1n) is 13.0. The van der Waals surface area contributed by atoms with E-state index in [1.54, 1.807) is 48.5 Å². The number of methoxy groups -OCH3 is 1. The van der Waals surface area contributed by atoms with Crippen LogP contribution >= 0.6 is 0 Å². The van der Waals surface area contributed by atoms with E-state index < -0.39 is 16.1 Å². The van der Waals surface area contributed by atoms with Crippen LogP contribution in [-0.4, -0.2) is 33.4 Å². The first-order valence-corrected chi connectivity index (χ1v) is 14.4. The molecule has 0 bridgehead atoms. The van der Waals surface area contributed by atoms with Crippen LogP contribution in [0.2, 0.25) is 0 Å². The molecular formula is C32H30N2O5S. The van der Waals surface area contributed by atoms with E-state index in [4.69, 9.17) is 4.74 Å². The fourth-order valence-corrected chi connectivity index (χ4v) is 6.58. The lowest BCUT2D eigenvalue weighted by molar-refractivity contribution is -0.139. The predicted octanol–water partition coefficient (Wildman–Crippen LogP) is 4.81. The van der Waals surface area contributed by atoms with Crippen molar-refractivity contribution in [1.29, 1.82) is 0 Å². The number of rotatable bonds is 8. The molecule has 4 aromatic rings. The number of fused-ring (bicyclic) bond motifs is 1. The minimum Gasteiger partial charge on any atom is -0.469 e. The summed E-state index contributed by atoms with van der Waals surface area (Å²) in [7, 11) is -2.68. The standard InChI is InChI=1S/C32H30N2O5S/c1-22-6-5-8-26(18-22)25-14-16-28(17-15-25)40(37,38)34-29-9-4-3-7-27(29)20-30(34)32(36)33-21-24-12-10-23(11-13-24)19-31(35)39-2/h3-18,30H,19-21H2,1-2H3,(H,33,36)/t30-/m0/s1. The second-order valence-corrected chi connectivity index (χ2v) is 11.6. The molecule has 0 unspecified atom stereocenters. The van der Waals surface area contributed by atoms with Gasteiger partial charge in [0.25, 0.3) is 10.0 Å². The summed E-state index contributed by atoms with van der Waals surface area (Å²) < 4.78 is 33.8. The molecule has 5 rings (SSSR count). The molecule has 0 spiro atoms. The molecule has 8 heteroatoms. The molecule has 0 aliphatic carbocycles. The Bertz CT molecular complexity index is 1650. The Morgan fingerprint density at radius 1 is 0.875 bits per heavy atom. The smallest absolute Gasteiger partial charge is 0.309 e. The molecule has 0 aromatic heterocycles. The predicted molar refractivity (Wildman–Crippen MR) is 154 cm³/mol. The highest BCUT2D eigenvalue weighted by molar-refractivity contribution is 7.93. The van der Waals surface area contributed by atoms with Crippen LogP contribution in [0.15, 0.2) is 102 Å². The molecule has 204 valence electrons. The maximum Gasteiger partial charge on any atom is 0.309 e. The maximum absolute atomic E-state index is 13.9. The van der Waals surface area contributed by atoms with Gasteiger partial charge in [-0.25, -0.2) is 8.42 Å². The van der Waals surface area contributed by atoms with Gasteiger partial charge in [-0.3, -0.25) is 13.9 Å². The Balaban J connectivity index is 1.36. The molecule has 4 aromatic carbocycles. The highest BCUT2D eigenvalue weighted by atomic mass is 32.2. The lowest BCUT2D eigenvalue weighted by Gasteiger charge is -2.26. The van der Waals surface area contributed by atoms with E-state index in [2.05, 4.69) is 5.32 Å². The van der Waals surface area contributed by atoms with Crippen molar-refractivity contribution < 1.29 is 22.7 Å². The van der Waals surface area contributed by atoms with Gasteiger partial charge in [0.15, 0.2) is 0 Å². The Hall–Kier alpha value is -4.43. The van der Waals surface area contributed by atoms with Crippen molar-refractivity contribution in [1.82, 2.24) is 5.32 Å². The Labute approximate surface area is 234 Å². The summed E-state index contributed by atoms with van der Waals surface area (Å²) in [6.07, 6.45) is 0.447. The number of anilines is 1. The van der Waals surface area contributed by atoms with Gasteiger partial charge < -0.3 is 10.1 Å². The minimum atomic E-state index is -4.03. The number of carbonyl (C=O) groups is 2. The number of hydrogen-bond acceptors (Lipinski definition) is 5. The fourth-order valence-electron chi connectivity index (χ4n) is 4.93. The summed E-state index contributed by atoms with van der Waals surface area (Å²) in [6, 6.07) is 28.4. The normalized spacial score (nSPS) is 14.4. The van der Waals surface area contributed by atoms with Gasteiger partial charge in [-0.05, 0) is 52.9 Å². The number of nitrogens with zero attached hydrogens (tertiary/aromatic N) is 1. The van der Waals surface area contributed by atoms with Crippen LogP contribution in [0.5, 0.6) is 0 Å². The molecule has 0 radical (unpaired) electrons. The van der Waals surface area contributed by atoms with Crippen LogP contribution in [0.25, 0.3) is 11.1 Å². The summed E-state index contributed by atoms with van der Waals surface area (Å²) in [5.74, 6) is -0.706. The van der Waals surface area contributed by atoms with E-state index in [0.717, 1.165) is 33.4 Å². The van der Waals surface area contributed by atoms with Gasteiger partial charge in [0.2, 0.25) is 5.91 Å². The van der Waals surface area contributed by atoms with Gasteiger partial charge in [-0.1, -0.05) is 84.4 Å².